The van der Waals surface area contributed by atoms with Crippen LogP contribution in [-0.4, -0.2) is 41.8 Å². The molecule has 0 aromatic carbocycles. The van der Waals surface area contributed by atoms with Gasteiger partial charge in [-0.2, -0.15) is 4.98 Å². The smallest absolute Gasteiger partial charge is 0.252 e. The highest BCUT2D eigenvalue weighted by atomic mass is 16.5. The third-order valence-corrected chi connectivity index (χ3v) is 2.69. The number of rotatable bonds is 5. The van der Waals surface area contributed by atoms with Crippen molar-refractivity contribution in [3.63, 3.8) is 0 Å². The van der Waals surface area contributed by atoms with Crippen molar-refractivity contribution in [3.05, 3.63) is 11.7 Å². The summed E-state index contributed by atoms with van der Waals surface area (Å²) < 4.78 is 10.1. The Morgan fingerprint density at radius 3 is 3.22 bits per heavy atom. The van der Waals surface area contributed by atoms with Crippen LogP contribution in [0.15, 0.2) is 4.52 Å². The third-order valence-electron chi connectivity index (χ3n) is 2.69. The van der Waals surface area contributed by atoms with Crippen LogP contribution < -0.4 is 10.6 Å². The molecule has 2 rings (SSSR count). The van der Waals surface area contributed by atoms with Crippen molar-refractivity contribution in [2.24, 2.45) is 0 Å². The van der Waals surface area contributed by atoms with Crippen molar-refractivity contribution in [1.29, 1.82) is 0 Å². The van der Waals surface area contributed by atoms with Gasteiger partial charge in [-0.3, -0.25) is 4.79 Å². The highest BCUT2D eigenvalue weighted by Crippen LogP contribution is 2.01. The molecular weight excluding hydrogens is 236 g/mol. The van der Waals surface area contributed by atoms with Gasteiger partial charge in [0.15, 0.2) is 5.82 Å². The Labute approximate surface area is 105 Å². The minimum Gasteiger partial charge on any atom is -0.362 e. The lowest BCUT2D eigenvalue weighted by Gasteiger charge is -2.23. The van der Waals surface area contributed by atoms with Crippen LogP contribution >= 0.6 is 0 Å². The van der Waals surface area contributed by atoms with E-state index < -0.39 is 0 Å². The Hall–Kier alpha value is -1.47. The fourth-order valence-electron chi connectivity index (χ4n) is 1.87. The number of piperidine rings is 1. The van der Waals surface area contributed by atoms with Crippen LogP contribution in [0.5, 0.6) is 0 Å². The molecule has 0 radical (unpaired) electrons. The number of hydrogen-bond donors (Lipinski definition) is 2. The van der Waals surface area contributed by atoms with Gasteiger partial charge in [0.2, 0.25) is 5.91 Å². The summed E-state index contributed by atoms with van der Waals surface area (Å²) in [6.45, 7) is 3.76. The molecular formula is C11H18N4O3. The molecule has 7 heteroatoms. The van der Waals surface area contributed by atoms with Crippen LogP contribution in [0.3, 0.4) is 0 Å². The van der Waals surface area contributed by atoms with Gasteiger partial charge in [0.25, 0.3) is 5.89 Å². The van der Waals surface area contributed by atoms with Crippen molar-refractivity contribution in [2.75, 3.05) is 19.7 Å². The number of nitrogens with zero attached hydrogens (tertiary/aromatic N) is 2. The molecule has 0 saturated carbocycles. The molecule has 1 atom stereocenters. The van der Waals surface area contributed by atoms with Gasteiger partial charge in [0.1, 0.15) is 13.2 Å². The molecule has 18 heavy (non-hydrogen) atoms. The lowest BCUT2D eigenvalue weighted by Crippen LogP contribution is -2.46. The molecule has 1 amide bonds. The Kier molecular flexibility index (Phi) is 4.66. The van der Waals surface area contributed by atoms with Crippen LogP contribution in [0.4, 0.5) is 0 Å². The lowest BCUT2D eigenvalue weighted by atomic mass is 10.1. The number of carbonyl (C=O) groups is 1. The Morgan fingerprint density at radius 1 is 1.67 bits per heavy atom. The largest absolute Gasteiger partial charge is 0.362 e. The molecule has 0 aliphatic carbocycles. The summed E-state index contributed by atoms with van der Waals surface area (Å²) in [5.41, 5.74) is 0. The van der Waals surface area contributed by atoms with Crippen molar-refractivity contribution in [1.82, 2.24) is 20.8 Å². The zero-order valence-corrected chi connectivity index (χ0v) is 10.4. The van der Waals surface area contributed by atoms with E-state index in [1.54, 1.807) is 6.92 Å². The maximum absolute atomic E-state index is 11.6. The van der Waals surface area contributed by atoms with Crippen LogP contribution in [0, 0.1) is 6.92 Å². The zero-order valence-electron chi connectivity index (χ0n) is 10.4. The van der Waals surface area contributed by atoms with Gasteiger partial charge in [0, 0.05) is 12.6 Å². The van der Waals surface area contributed by atoms with Crippen LogP contribution in [0.25, 0.3) is 0 Å². The summed E-state index contributed by atoms with van der Waals surface area (Å²) in [7, 11) is 0. The Bertz CT molecular complexity index is 387. The van der Waals surface area contributed by atoms with Gasteiger partial charge in [-0.25, -0.2) is 0 Å². The first-order valence-corrected chi connectivity index (χ1v) is 6.11. The van der Waals surface area contributed by atoms with Gasteiger partial charge in [-0.15, -0.1) is 0 Å². The third kappa shape index (κ3) is 4.08. The average molecular weight is 254 g/mol. The molecule has 0 bridgehead atoms. The van der Waals surface area contributed by atoms with Crippen LogP contribution in [-0.2, 0) is 16.1 Å². The van der Waals surface area contributed by atoms with E-state index in [4.69, 9.17) is 9.26 Å². The molecule has 1 aromatic rings. The van der Waals surface area contributed by atoms with Crippen molar-refractivity contribution < 1.29 is 14.1 Å². The normalized spacial score (nSPS) is 19.7. The lowest BCUT2D eigenvalue weighted by molar-refractivity contribution is -0.127. The molecule has 0 spiro atoms. The van der Waals surface area contributed by atoms with E-state index in [0.29, 0.717) is 11.7 Å². The Morgan fingerprint density at radius 2 is 2.56 bits per heavy atom. The second-order valence-electron chi connectivity index (χ2n) is 4.34. The summed E-state index contributed by atoms with van der Waals surface area (Å²) in [4.78, 5) is 15.6. The van der Waals surface area contributed by atoms with E-state index in [9.17, 15) is 4.79 Å². The highest BCUT2D eigenvalue weighted by molar-refractivity contribution is 5.77. The number of aryl methyl sites for hydroxylation is 1. The fourth-order valence-corrected chi connectivity index (χ4v) is 1.87. The molecule has 1 saturated heterocycles. The number of nitrogens with one attached hydrogen (secondary N) is 2. The standard InChI is InChI=1S/C11H18N4O3/c1-8-13-11(18-15-8)7-17-6-10(16)14-9-3-2-4-12-5-9/h9,12H,2-7H2,1H3,(H,14,16)/t9-/m0/s1. The summed E-state index contributed by atoms with van der Waals surface area (Å²) in [5, 5.41) is 9.79. The fraction of sp³-hybridized carbons (Fsp3) is 0.727. The number of hydrogen-bond acceptors (Lipinski definition) is 6. The topological polar surface area (TPSA) is 89.3 Å². The first-order chi connectivity index (χ1) is 8.74. The molecule has 1 aliphatic rings. The molecule has 2 N–H and O–H groups in total. The van der Waals surface area contributed by atoms with Crippen molar-refractivity contribution in [2.45, 2.75) is 32.4 Å². The second kappa shape index (κ2) is 6.46. The molecule has 1 fully saturated rings. The minimum absolute atomic E-state index is 0.0118. The van der Waals surface area contributed by atoms with E-state index in [2.05, 4.69) is 20.8 Å². The first-order valence-electron chi connectivity index (χ1n) is 6.11. The van der Waals surface area contributed by atoms with Crippen LogP contribution in [0.2, 0.25) is 0 Å². The van der Waals surface area contributed by atoms with E-state index in [-0.39, 0.29) is 25.2 Å². The van der Waals surface area contributed by atoms with E-state index in [1.165, 1.54) is 0 Å². The van der Waals surface area contributed by atoms with Gasteiger partial charge < -0.3 is 19.9 Å². The molecule has 0 unspecified atom stereocenters. The number of amides is 1. The number of carbonyl (C=O) groups excluding carboxylic acids is 1. The molecule has 1 aromatic heterocycles. The second-order valence-corrected chi connectivity index (χ2v) is 4.34. The first kappa shape index (κ1) is 13.0. The van der Waals surface area contributed by atoms with Crippen molar-refractivity contribution >= 4 is 5.91 Å². The summed E-state index contributed by atoms with van der Waals surface area (Å²) >= 11 is 0. The van der Waals surface area contributed by atoms with E-state index in [1.807, 2.05) is 0 Å². The maximum Gasteiger partial charge on any atom is 0.252 e. The van der Waals surface area contributed by atoms with Gasteiger partial charge in [-0.05, 0) is 26.3 Å². The summed E-state index contributed by atoms with van der Waals surface area (Å²) in [5.74, 6) is 0.839. The van der Waals surface area contributed by atoms with E-state index >= 15 is 0 Å². The number of ether oxygens (including phenoxy) is 1. The molecule has 2 heterocycles. The highest BCUT2D eigenvalue weighted by Gasteiger charge is 2.15. The molecule has 100 valence electrons. The van der Waals surface area contributed by atoms with Crippen LogP contribution in [0.1, 0.15) is 24.6 Å². The predicted molar refractivity (Wildman–Crippen MR) is 62.7 cm³/mol. The van der Waals surface area contributed by atoms with Gasteiger partial charge in [-0.1, -0.05) is 5.16 Å². The summed E-state index contributed by atoms with van der Waals surface area (Å²) in [6.07, 6.45) is 2.11. The predicted octanol–water partition coefficient (Wildman–Crippen LogP) is -0.237. The molecule has 7 nitrogen and oxygen atoms in total. The van der Waals surface area contributed by atoms with Gasteiger partial charge >= 0.3 is 0 Å². The summed E-state index contributed by atoms with van der Waals surface area (Å²) in [6, 6.07) is 0.209. The monoisotopic (exact) mass is 254 g/mol. The number of aromatic nitrogens is 2. The quantitative estimate of drug-likeness (QED) is 0.754. The maximum atomic E-state index is 11.6. The minimum atomic E-state index is -0.111. The van der Waals surface area contributed by atoms with Crippen molar-refractivity contribution in [3.8, 4) is 0 Å². The van der Waals surface area contributed by atoms with E-state index in [0.717, 1.165) is 25.9 Å². The van der Waals surface area contributed by atoms with Gasteiger partial charge in [0.05, 0.1) is 0 Å². The Balaban J connectivity index is 1.62. The average Bonchev–Trinajstić information content (AvgIpc) is 2.76. The molecule has 1 aliphatic heterocycles. The zero-order chi connectivity index (χ0) is 12.8. The SMILES string of the molecule is Cc1noc(COCC(=O)N[C@H]2CCCNC2)n1.